The quantitative estimate of drug-likeness (QED) is 0.646. The number of carbonyl (C=O) groups excluding carboxylic acids is 1. The molecule has 0 saturated carbocycles. The summed E-state index contributed by atoms with van der Waals surface area (Å²) in [4.78, 5) is 11.6. The first kappa shape index (κ1) is 15.9. The van der Waals surface area contributed by atoms with Crippen molar-refractivity contribution in [1.82, 2.24) is 10.2 Å². The van der Waals surface area contributed by atoms with Crippen molar-refractivity contribution in [1.29, 1.82) is 0 Å². The van der Waals surface area contributed by atoms with Crippen LogP contribution in [0.2, 0.25) is 0 Å². The van der Waals surface area contributed by atoms with E-state index in [1.807, 2.05) is 31.2 Å². The highest BCUT2D eigenvalue weighted by molar-refractivity contribution is 5.94. The number of benzene rings is 2. The van der Waals surface area contributed by atoms with Gasteiger partial charge in [0.2, 0.25) is 5.88 Å². The second kappa shape index (κ2) is 7.08. The standard InChI is InChI=1S/C19H18N2O3/c1-3-23-18-9-8-14(13(2)22)10-16(18)12-24-19-17-7-5-4-6-15(17)11-20-21-19/h4-11H,3,12H2,1-2H3. The number of aromatic nitrogens is 2. The molecule has 3 rings (SSSR count). The minimum Gasteiger partial charge on any atom is -0.493 e. The molecule has 0 bridgehead atoms. The molecule has 0 aliphatic rings. The van der Waals surface area contributed by atoms with Crippen LogP contribution in [-0.4, -0.2) is 22.6 Å². The third kappa shape index (κ3) is 3.35. The van der Waals surface area contributed by atoms with Gasteiger partial charge in [-0.25, -0.2) is 0 Å². The van der Waals surface area contributed by atoms with Crippen LogP contribution in [0.3, 0.4) is 0 Å². The van der Waals surface area contributed by atoms with E-state index in [9.17, 15) is 4.79 Å². The Morgan fingerprint density at radius 1 is 1.12 bits per heavy atom. The van der Waals surface area contributed by atoms with E-state index in [0.29, 0.717) is 23.8 Å². The summed E-state index contributed by atoms with van der Waals surface area (Å²) in [7, 11) is 0. The second-order valence-electron chi connectivity index (χ2n) is 5.34. The van der Waals surface area contributed by atoms with Crippen molar-refractivity contribution in [2.24, 2.45) is 0 Å². The molecule has 0 atom stereocenters. The van der Waals surface area contributed by atoms with Gasteiger partial charge < -0.3 is 9.47 Å². The first-order chi connectivity index (χ1) is 11.7. The molecule has 0 unspecified atom stereocenters. The number of Topliss-reactive ketones (excluding diaryl/α,β-unsaturated/α-hetero) is 1. The molecular formula is C19H18N2O3. The number of ether oxygens (including phenoxy) is 2. The SMILES string of the molecule is CCOc1ccc(C(C)=O)cc1COc1nncc2ccccc12. The molecule has 24 heavy (non-hydrogen) atoms. The third-order valence-corrected chi connectivity index (χ3v) is 3.67. The van der Waals surface area contributed by atoms with E-state index in [1.165, 1.54) is 6.92 Å². The van der Waals surface area contributed by atoms with Crippen LogP contribution in [0.5, 0.6) is 11.6 Å². The molecule has 0 spiro atoms. The fraction of sp³-hybridized carbons (Fsp3) is 0.211. The van der Waals surface area contributed by atoms with E-state index in [4.69, 9.17) is 9.47 Å². The van der Waals surface area contributed by atoms with Crippen molar-refractivity contribution in [3.63, 3.8) is 0 Å². The number of ketones is 1. The molecule has 1 heterocycles. The van der Waals surface area contributed by atoms with Gasteiger partial charge in [-0.05, 0) is 38.1 Å². The Hall–Kier alpha value is -2.95. The maximum absolute atomic E-state index is 11.6. The summed E-state index contributed by atoms with van der Waals surface area (Å²) in [5, 5.41) is 9.90. The molecule has 5 nitrogen and oxygen atoms in total. The van der Waals surface area contributed by atoms with Crippen molar-refractivity contribution in [3.05, 3.63) is 59.8 Å². The zero-order chi connectivity index (χ0) is 16.9. The Kier molecular flexibility index (Phi) is 4.70. The molecule has 0 aliphatic carbocycles. The average molecular weight is 322 g/mol. The molecule has 0 amide bonds. The molecule has 2 aromatic carbocycles. The molecular weight excluding hydrogens is 304 g/mol. The average Bonchev–Trinajstić information content (AvgIpc) is 2.61. The minimum absolute atomic E-state index is 0.00394. The van der Waals surface area contributed by atoms with Crippen molar-refractivity contribution in [2.45, 2.75) is 20.5 Å². The molecule has 0 aliphatic heterocycles. The Morgan fingerprint density at radius 3 is 2.75 bits per heavy atom. The van der Waals surface area contributed by atoms with Gasteiger partial charge in [-0.1, -0.05) is 18.2 Å². The lowest BCUT2D eigenvalue weighted by Gasteiger charge is -2.13. The van der Waals surface area contributed by atoms with Crippen LogP contribution in [-0.2, 0) is 6.61 Å². The maximum atomic E-state index is 11.6. The summed E-state index contributed by atoms with van der Waals surface area (Å²) >= 11 is 0. The largest absolute Gasteiger partial charge is 0.493 e. The van der Waals surface area contributed by atoms with Crippen molar-refractivity contribution in [2.75, 3.05) is 6.61 Å². The summed E-state index contributed by atoms with van der Waals surface area (Å²) in [5.74, 6) is 1.17. The van der Waals surface area contributed by atoms with E-state index in [-0.39, 0.29) is 12.4 Å². The summed E-state index contributed by atoms with van der Waals surface area (Å²) in [6.07, 6.45) is 1.70. The molecule has 5 heteroatoms. The summed E-state index contributed by atoms with van der Waals surface area (Å²) in [5.41, 5.74) is 1.43. The van der Waals surface area contributed by atoms with E-state index in [2.05, 4.69) is 10.2 Å². The van der Waals surface area contributed by atoms with Crippen LogP contribution in [0.1, 0.15) is 29.8 Å². The Morgan fingerprint density at radius 2 is 1.96 bits per heavy atom. The monoisotopic (exact) mass is 322 g/mol. The summed E-state index contributed by atoms with van der Waals surface area (Å²) < 4.78 is 11.5. The summed E-state index contributed by atoms with van der Waals surface area (Å²) in [6.45, 7) is 4.25. The first-order valence-electron chi connectivity index (χ1n) is 7.79. The number of fused-ring (bicyclic) bond motifs is 1. The zero-order valence-electron chi connectivity index (χ0n) is 13.7. The normalized spacial score (nSPS) is 10.6. The lowest BCUT2D eigenvalue weighted by molar-refractivity contribution is 0.101. The van der Waals surface area contributed by atoms with Gasteiger partial charge >= 0.3 is 0 Å². The van der Waals surface area contributed by atoms with E-state index < -0.39 is 0 Å². The molecule has 122 valence electrons. The van der Waals surface area contributed by atoms with Crippen LogP contribution in [0.25, 0.3) is 10.8 Å². The van der Waals surface area contributed by atoms with Crippen molar-refractivity contribution in [3.8, 4) is 11.6 Å². The molecule has 0 N–H and O–H groups in total. The van der Waals surface area contributed by atoms with Gasteiger partial charge in [0.15, 0.2) is 5.78 Å². The highest BCUT2D eigenvalue weighted by Gasteiger charge is 2.10. The van der Waals surface area contributed by atoms with Gasteiger partial charge in [0.25, 0.3) is 0 Å². The van der Waals surface area contributed by atoms with Crippen LogP contribution in [0, 0.1) is 0 Å². The Bertz CT molecular complexity index is 872. The predicted octanol–water partition coefficient (Wildman–Crippen LogP) is 3.81. The number of rotatable bonds is 6. The highest BCUT2D eigenvalue weighted by Crippen LogP contribution is 2.25. The first-order valence-corrected chi connectivity index (χ1v) is 7.79. The maximum Gasteiger partial charge on any atom is 0.241 e. The van der Waals surface area contributed by atoms with Gasteiger partial charge in [0, 0.05) is 21.9 Å². The van der Waals surface area contributed by atoms with Gasteiger partial charge in [0.05, 0.1) is 12.8 Å². The lowest BCUT2D eigenvalue weighted by atomic mass is 10.1. The van der Waals surface area contributed by atoms with E-state index in [1.54, 1.807) is 24.4 Å². The highest BCUT2D eigenvalue weighted by atomic mass is 16.5. The van der Waals surface area contributed by atoms with Crippen LogP contribution in [0.15, 0.2) is 48.7 Å². The van der Waals surface area contributed by atoms with E-state index >= 15 is 0 Å². The Balaban J connectivity index is 1.89. The topological polar surface area (TPSA) is 61.3 Å². The molecule has 1 aromatic heterocycles. The third-order valence-electron chi connectivity index (χ3n) is 3.67. The molecule has 0 radical (unpaired) electrons. The number of hydrogen-bond acceptors (Lipinski definition) is 5. The smallest absolute Gasteiger partial charge is 0.241 e. The van der Waals surface area contributed by atoms with Gasteiger partial charge in [-0.15, -0.1) is 5.10 Å². The predicted molar refractivity (Wildman–Crippen MR) is 91.5 cm³/mol. The number of nitrogens with zero attached hydrogens (tertiary/aromatic N) is 2. The van der Waals surface area contributed by atoms with Gasteiger partial charge in [-0.3, -0.25) is 4.79 Å². The Labute approximate surface area is 140 Å². The molecule has 3 aromatic rings. The summed E-state index contributed by atoms with van der Waals surface area (Å²) in [6, 6.07) is 13.1. The zero-order valence-corrected chi connectivity index (χ0v) is 13.7. The van der Waals surface area contributed by atoms with Crippen LogP contribution in [0.4, 0.5) is 0 Å². The minimum atomic E-state index is 0.00394. The molecule has 0 saturated heterocycles. The number of carbonyl (C=O) groups is 1. The van der Waals surface area contributed by atoms with Gasteiger partial charge in [0.1, 0.15) is 12.4 Å². The van der Waals surface area contributed by atoms with Crippen molar-refractivity contribution >= 4 is 16.6 Å². The van der Waals surface area contributed by atoms with Crippen LogP contribution >= 0.6 is 0 Å². The second-order valence-corrected chi connectivity index (χ2v) is 5.34. The fourth-order valence-corrected chi connectivity index (χ4v) is 2.46. The lowest BCUT2D eigenvalue weighted by Crippen LogP contribution is -2.04. The number of hydrogen-bond donors (Lipinski definition) is 0. The van der Waals surface area contributed by atoms with Crippen LogP contribution < -0.4 is 9.47 Å². The van der Waals surface area contributed by atoms with Crippen molar-refractivity contribution < 1.29 is 14.3 Å². The molecule has 0 fully saturated rings. The van der Waals surface area contributed by atoms with E-state index in [0.717, 1.165) is 16.3 Å². The van der Waals surface area contributed by atoms with Gasteiger partial charge in [-0.2, -0.15) is 5.10 Å². The fourth-order valence-electron chi connectivity index (χ4n) is 2.46.